The number of halogens is 4. The van der Waals surface area contributed by atoms with Crippen LogP contribution in [0.5, 0.6) is 0 Å². The van der Waals surface area contributed by atoms with Crippen LogP contribution in [0.4, 0.5) is 17.6 Å². The molecule has 48 heavy (non-hydrogen) atoms. The minimum Gasteiger partial charge on any atom is -0.335 e. The van der Waals surface area contributed by atoms with Crippen LogP contribution >= 0.6 is 11.3 Å². The second-order valence-corrected chi connectivity index (χ2v) is 12.2. The number of piperazine rings is 1. The molecule has 0 bridgehead atoms. The van der Waals surface area contributed by atoms with Gasteiger partial charge in [-0.1, -0.05) is 91.0 Å². The number of carbonyl (C=O) groups is 1. The van der Waals surface area contributed by atoms with Crippen molar-refractivity contribution in [3.8, 4) is 11.8 Å². The molecular weight excluding hydrogens is 640 g/mol. The molecule has 1 fully saturated rings. The van der Waals surface area contributed by atoms with Gasteiger partial charge in [-0.05, 0) is 35.4 Å². The first-order valence-electron chi connectivity index (χ1n) is 15.1. The number of hydrogen-bond donors (Lipinski definition) is 0. The van der Waals surface area contributed by atoms with Crippen molar-refractivity contribution >= 4 is 28.9 Å². The maximum atomic E-state index is 14.6. The molecule has 0 unspecified atom stereocenters. The molecule has 1 aromatic heterocycles. The predicted octanol–water partition coefficient (Wildman–Crippen LogP) is 5.49. The number of nitrogens with zero attached hydrogens (tertiary/aromatic N) is 4. The van der Waals surface area contributed by atoms with Crippen molar-refractivity contribution in [3.05, 3.63) is 157 Å². The van der Waals surface area contributed by atoms with Crippen molar-refractivity contribution < 1.29 is 22.4 Å². The average Bonchev–Trinajstić information content (AvgIpc) is 3.41. The lowest BCUT2D eigenvalue weighted by atomic mass is 9.96. The van der Waals surface area contributed by atoms with E-state index < -0.39 is 40.3 Å². The summed E-state index contributed by atoms with van der Waals surface area (Å²) in [6.45, 7) is 1.39. The fourth-order valence-electron chi connectivity index (χ4n) is 5.92. The van der Waals surface area contributed by atoms with Gasteiger partial charge in [0, 0.05) is 31.7 Å². The minimum atomic E-state index is -4.84. The molecule has 5 aromatic rings. The molecule has 1 aliphatic rings. The number of alkyl halides is 3. The molecule has 0 spiro atoms. The summed E-state index contributed by atoms with van der Waals surface area (Å²) in [5.74, 6) is -1.35. The quantitative estimate of drug-likeness (QED) is 0.225. The highest BCUT2D eigenvalue weighted by Gasteiger charge is 2.35. The molecule has 0 aliphatic carbocycles. The summed E-state index contributed by atoms with van der Waals surface area (Å²) in [6.07, 6.45) is -3.63. The number of aromatic nitrogens is 1. The van der Waals surface area contributed by atoms with Gasteiger partial charge in [-0.3, -0.25) is 19.1 Å². The maximum Gasteiger partial charge on any atom is 0.418 e. The Morgan fingerprint density at radius 3 is 1.96 bits per heavy atom. The lowest BCUT2D eigenvalue weighted by Gasteiger charge is -2.39. The molecular formula is C37H28F4N4O2S. The number of para-hydroxylation sites is 1. The highest BCUT2D eigenvalue weighted by molar-refractivity contribution is 7.07. The molecule has 0 N–H and O–H groups in total. The SMILES string of the molecule is N#CC(C(=O)N1CCN(C(c2ccccc2)c2ccccc2)CC1)=c1sc(=Cc2ccccc2F)c(=O)n1-c1ccccc1C(F)(F)F. The van der Waals surface area contributed by atoms with E-state index in [9.17, 15) is 32.4 Å². The highest BCUT2D eigenvalue weighted by Crippen LogP contribution is 2.33. The third-order valence-electron chi connectivity index (χ3n) is 8.20. The van der Waals surface area contributed by atoms with E-state index in [0.717, 1.165) is 27.8 Å². The van der Waals surface area contributed by atoms with Crippen molar-refractivity contribution in [1.82, 2.24) is 14.4 Å². The van der Waals surface area contributed by atoms with Gasteiger partial charge in [-0.15, -0.1) is 11.3 Å². The third-order valence-corrected chi connectivity index (χ3v) is 9.29. The number of nitriles is 1. The van der Waals surface area contributed by atoms with E-state index in [2.05, 4.69) is 4.90 Å². The first-order chi connectivity index (χ1) is 23.2. The summed E-state index contributed by atoms with van der Waals surface area (Å²) in [5.41, 5.74) is -0.837. The van der Waals surface area contributed by atoms with E-state index in [1.165, 1.54) is 41.3 Å². The zero-order valence-electron chi connectivity index (χ0n) is 25.4. The van der Waals surface area contributed by atoms with Crippen molar-refractivity contribution in [3.63, 3.8) is 0 Å². The van der Waals surface area contributed by atoms with Crippen molar-refractivity contribution in [2.75, 3.05) is 26.2 Å². The van der Waals surface area contributed by atoms with Gasteiger partial charge in [-0.25, -0.2) is 4.39 Å². The first-order valence-corrected chi connectivity index (χ1v) is 15.9. The second-order valence-electron chi connectivity index (χ2n) is 11.1. The molecule has 0 atom stereocenters. The van der Waals surface area contributed by atoms with E-state index in [-0.39, 0.29) is 33.9 Å². The molecule has 242 valence electrons. The first kappa shape index (κ1) is 32.6. The second kappa shape index (κ2) is 13.8. The zero-order valence-corrected chi connectivity index (χ0v) is 26.2. The Bertz CT molecular complexity index is 2130. The maximum absolute atomic E-state index is 14.6. The Hall–Kier alpha value is -5.31. The van der Waals surface area contributed by atoms with Gasteiger partial charge >= 0.3 is 6.18 Å². The van der Waals surface area contributed by atoms with E-state index in [1.807, 2.05) is 66.7 Å². The van der Waals surface area contributed by atoms with Crippen molar-refractivity contribution in [2.24, 2.45) is 0 Å². The summed E-state index contributed by atoms with van der Waals surface area (Å²) >= 11 is 0.672. The number of benzene rings is 4. The largest absolute Gasteiger partial charge is 0.418 e. The Morgan fingerprint density at radius 2 is 1.38 bits per heavy atom. The molecule has 4 aromatic carbocycles. The Balaban J connectivity index is 1.42. The topological polar surface area (TPSA) is 69.3 Å². The molecule has 6 rings (SSSR count). The molecule has 6 nitrogen and oxygen atoms in total. The fraction of sp³-hybridized carbons (Fsp3) is 0.162. The smallest absolute Gasteiger partial charge is 0.335 e. The van der Waals surface area contributed by atoms with Crippen LogP contribution < -0.4 is 14.8 Å². The van der Waals surface area contributed by atoms with E-state index in [1.54, 1.807) is 6.07 Å². The van der Waals surface area contributed by atoms with E-state index in [4.69, 9.17) is 0 Å². The normalized spacial score (nSPS) is 15.0. The van der Waals surface area contributed by atoms with Gasteiger partial charge in [0.2, 0.25) is 0 Å². The van der Waals surface area contributed by atoms with Crippen LogP contribution in [0.15, 0.2) is 114 Å². The van der Waals surface area contributed by atoms with E-state index in [0.29, 0.717) is 24.4 Å². The van der Waals surface area contributed by atoms with Crippen LogP contribution in [0.25, 0.3) is 17.3 Å². The minimum absolute atomic E-state index is 0.0333. The predicted molar refractivity (Wildman–Crippen MR) is 176 cm³/mol. The Morgan fingerprint density at radius 1 is 0.812 bits per heavy atom. The van der Waals surface area contributed by atoms with Gasteiger partial charge in [0.15, 0.2) is 5.57 Å². The van der Waals surface area contributed by atoms with E-state index >= 15 is 0 Å². The van der Waals surface area contributed by atoms with Crippen LogP contribution in [0.1, 0.15) is 28.3 Å². The highest BCUT2D eigenvalue weighted by atomic mass is 32.1. The van der Waals surface area contributed by atoms with Crippen LogP contribution in [-0.4, -0.2) is 46.5 Å². The molecule has 0 saturated carbocycles. The number of amides is 1. The van der Waals surface area contributed by atoms with Gasteiger partial charge in [0.25, 0.3) is 11.5 Å². The van der Waals surface area contributed by atoms with Crippen molar-refractivity contribution in [2.45, 2.75) is 12.2 Å². The van der Waals surface area contributed by atoms with Gasteiger partial charge in [0.05, 0.1) is 21.8 Å². The zero-order chi connectivity index (χ0) is 33.8. The molecule has 1 aliphatic heterocycles. The lowest BCUT2D eigenvalue weighted by molar-refractivity contribution is -0.137. The monoisotopic (exact) mass is 668 g/mol. The Labute approximate surface area is 277 Å². The summed E-state index contributed by atoms with van der Waals surface area (Å²) in [7, 11) is 0. The van der Waals surface area contributed by atoms with Crippen molar-refractivity contribution in [1.29, 1.82) is 5.26 Å². The van der Waals surface area contributed by atoms with Crippen LogP contribution in [0.3, 0.4) is 0 Å². The van der Waals surface area contributed by atoms with Crippen LogP contribution in [-0.2, 0) is 11.0 Å². The summed E-state index contributed by atoms with van der Waals surface area (Å²) < 4.78 is 57.4. The number of rotatable bonds is 6. The number of thiazole rings is 1. The summed E-state index contributed by atoms with van der Waals surface area (Å²) in [6, 6.07) is 31.8. The average molecular weight is 669 g/mol. The molecule has 11 heteroatoms. The van der Waals surface area contributed by atoms with Crippen LogP contribution in [0, 0.1) is 17.1 Å². The summed E-state index contributed by atoms with van der Waals surface area (Å²) in [4.78, 5) is 31.5. The van der Waals surface area contributed by atoms with Gasteiger partial charge < -0.3 is 4.90 Å². The molecule has 1 saturated heterocycles. The standard InChI is InChI=1S/C37H28F4N4O2S/c38-30-17-9-7-15-27(30)23-32-35(47)45(31-18-10-8-16-29(31)37(39,40)41)36(48-32)28(24-42)34(46)44-21-19-43(20-22-44)33(25-11-3-1-4-12-25)26-13-5-2-6-14-26/h1-18,23,33H,19-22H2. The molecule has 0 radical (unpaired) electrons. The van der Waals surface area contributed by atoms with Gasteiger partial charge in [0.1, 0.15) is 16.5 Å². The van der Waals surface area contributed by atoms with Gasteiger partial charge in [-0.2, -0.15) is 18.4 Å². The summed E-state index contributed by atoms with van der Waals surface area (Å²) in [5, 5.41) is 10.3. The third kappa shape index (κ3) is 6.58. The molecule has 2 heterocycles. The number of carbonyl (C=O) groups excluding carboxylic acids is 1. The fourth-order valence-corrected chi connectivity index (χ4v) is 7.00. The molecule has 1 amide bonds. The Kier molecular flexibility index (Phi) is 9.39. The number of hydrogen-bond acceptors (Lipinski definition) is 5. The van der Waals surface area contributed by atoms with Crippen LogP contribution in [0.2, 0.25) is 0 Å². The lowest BCUT2D eigenvalue weighted by Crippen LogP contribution is -2.50.